The molecule has 0 spiro atoms. The molecule has 11 heavy (non-hydrogen) atoms. The molecule has 0 radical (unpaired) electrons. The summed E-state index contributed by atoms with van der Waals surface area (Å²) >= 11 is 1.51. The highest BCUT2D eigenvalue weighted by Crippen LogP contribution is 2.08. The molecule has 1 N–H and O–H groups in total. The van der Waals surface area contributed by atoms with Gasteiger partial charge in [-0.3, -0.25) is 0 Å². The summed E-state index contributed by atoms with van der Waals surface area (Å²) in [6.07, 6.45) is 0.955. The maximum atomic E-state index is 8.59. The normalized spacial score (nSPS) is 8.73. The Bertz CT molecular complexity index is 167. The van der Waals surface area contributed by atoms with E-state index in [9.17, 15) is 0 Å². The van der Waals surface area contributed by atoms with Gasteiger partial charge in [0.1, 0.15) is 5.01 Å². The molecule has 0 saturated heterocycles. The van der Waals surface area contributed by atoms with Gasteiger partial charge in [0, 0.05) is 5.38 Å². The number of hydrogen-bond donors (Lipinski definition) is 1. The van der Waals surface area contributed by atoms with Gasteiger partial charge in [-0.05, 0) is 6.42 Å². The van der Waals surface area contributed by atoms with Crippen molar-refractivity contribution in [1.29, 1.82) is 0 Å². The second kappa shape index (κ2) is 6.31. The summed E-state index contributed by atoms with van der Waals surface area (Å²) in [5.74, 6) is 0. The first kappa shape index (κ1) is 10.6. The summed E-state index contributed by atoms with van der Waals surface area (Å²) in [6, 6.07) is 0. The Kier molecular flexibility index (Phi) is 6.07. The van der Waals surface area contributed by atoms with Crippen LogP contribution >= 0.6 is 11.3 Å². The van der Waals surface area contributed by atoms with Crippen molar-refractivity contribution >= 4 is 11.3 Å². The average molecular weight is 173 g/mol. The van der Waals surface area contributed by atoms with E-state index in [1.54, 1.807) is 0 Å². The first-order chi connectivity index (χ1) is 5.36. The topological polar surface area (TPSA) is 33.1 Å². The Balaban J connectivity index is 0.000000461. The maximum absolute atomic E-state index is 8.59. The van der Waals surface area contributed by atoms with Crippen molar-refractivity contribution in [2.45, 2.75) is 33.8 Å². The van der Waals surface area contributed by atoms with E-state index in [-0.39, 0.29) is 6.61 Å². The van der Waals surface area contributed by atoms with Crippen LogP contribution < -0.4 is 0 Å². The lowest BCUT2D eigenvalue weighted by Crippen LogP contribution is -1.82. The van der Waals surface area contributed by atoms with Crippen molar-refractivity contribution in [2.24, 2.45) is 0 Å². The fourth-order valence-corrected chi connectivity index (χ4v) is 1.32. The van der Waals surface area contributed by atoms with Crippen molar-refractivity contribution in [3.8, 4) is 0 Å². The van der Waals surface area contributed by atoms with Gasteiger partial charge < -0.3 is 5.11 Å². The monoisotopic (exact) mass is 173 g/mol. The molecule has 0 aliphatic heterocycles. The SMILES string of the molecule is CC.CCc1csc(CO)n1. The molecule has 0 aromatic carbocycles. The molecule has 0 unspecified atom stereocenters. The molecule has 0 amide bonds. The van der Waals surface area contributed by atoms with Crippen LogP contribution in [0.2, 0.25) is 0 Å². The Morgan fingerprint density at radius 2 is 2.18 bits per heavy atom. The first-order valence-corrected chi connectivity index (χ1v) is 4.79. The number of thiazole rings is 1. The number of aliphatic hydroxyl groups is 1. The minimum absolute atomic E-state index is 0.0741. The Morgan fingerprint density at radius 3 is 2.45 bits per heavy atom. The van der Waals surface area contributed by atoms with Gasteiger partial charge in [-0.1, -0.05) is 20.8 Å². The lowest BCUT2D eigenvalue weighted by molar-refractivity contribution is 0.281. The fourth-order valence-electron chi connectivity index (χ4n) is 0.584. The van der Waals surface area contributed by atoms with Crippen LogP contribution in [0.5, 0.6) is 0 Å². The van der Waals surface area contributed by atoms with Crippen molar-refractivity contribution < 1.29 is 5.11 Å². The van der Waals surface area contributed by atoms with E-state index in [1.165, 1.54) is 11.3 Å². The molecule has 0 saturated carbocycles. The second-order valence-electron chi connectivity index (χ2n) is 1.74. The van der Waals surface area contributed by atoms with Gasteiger partial charge in [-0.2, -0.15) is 0 Å². The van der Waals surface area contributed by atoms with Gasteiger partial charge in [0.05, 0.1) is 12.3 Å². The molecule has 3 heteroatoms. The minimum Gasteiger partial charge on any atom is -0.389 e. The van der Waals surface area contributed by atoms with Gasteiger partial charge in [0.25, 0.3) is 0 Å². The average Bonchev–Trinajstić information content (AvgIpc) is 2.55. The predicted molar refractivity (Wildman–Crippen MR) is 48.8 cm³/mol. The highest BCUT2D eigenvalue weighted by Gasteiger charge is 1.95. The largest absolute Gasteiger partial charge is 0.389 e. The zero-order chi connectivity index (χ0) is 8.69. The fraction of sp³-hybridized carbons (Fsp3) is 0.625. The molecule has 1 rings (SSSR count). The Morgan fingerprint density at radius 1 is 1.55 bits per heavy atom. The third-order valence-electron chi connectivity index (χ3n) is 1.10. The van der Waals surface area contributed by atoms with E-state index in [0.29, 0.717) is 0 Å². The van der Waals surface area contributed by atoms with Crippen molar-refractivity contribution in [1.82, 2.24) is 4.98 Å². The van der Waals surface area contributed by atoms with Gasteiger partial charge >= 0.3 is 0 Å². The molecule has 1 aromatic heterocycles. The van der Waals surface area contributed by atoms with E-state index >= 15 is 0 Å². The van der Waals surface area contributed by atoms with Crippen LogP contribution in [0.3, 0.4) is 0 Å². The van der Waals surface area contributed by atoms with Gasteiger partial charge in [0.15, 0.2) is 0 Å². The minimum atomic E-state index is 0.0741. The van der Waals surface area contributed by atoms with Gasteiger partial charge in [-0.25, -0.2) is 4.98 Å². The van der Waals surface area contributed by atoms with E-state index < -0.39 is 0 Å². The zero-order valence-electron chi connectivity index (χ0n) is 7.29. The number of rotatable bonds is 2. The highest BCUT2D eigenvalue weighted by molar-refractivity contribution is 7.09. The van der Waals surface area contributed by atoms with E-state index in [4.69, 9.17) is 5.11 Å². The molecule has 0 aliphatic rings. The lowest BCUT2D eigenvalue weighted by atomic mass is 10.4. The van der Waals surface area contributed by atoms with Crippen molar-refractivity contribution in [3.63, 3.8) is 0 Å². The predicted octanol–water partition coefficient (Wildman–Crippen LogP) is 2.22. The van der Waals surface area contributed by atoms with Gasteiger partial charge in [0.2, 0.25) is 0 Å². The van der Waals surface area contributed by atoms with E-state index in [0.717, 1.165) is 17.1 Å². The quantitative estimate of drug-likeness (QED) is 0.744. The molecule has 64 valence electrons. The maximum Gasteiger partial charge on any atom is 0.118 e. The van der Waals surface area contributed by atoms with E-state index in [1.807, 2.05) is 19.2 Å². The Labute approximate surface area is 71.9 Å². The third-order valence-corrected chi connectivity index (χ3v) is 1.98. The lowest BCUT2D eigenvalue weighted by Gasteiger charge is -1.82. The van der Waals surface area contributed by atoms with Crippen LogP contribution in [0.15, 0.2) is 5.38 Å². The molecular weight excluding hydrogens is 158 g/mol. The highest BCUT2D eigenvalue weighted by atomic mass is 32.1. The molecule has 0 aliphatic carbocycles. The number of aryl methyl sites for hydroxylation is 1. The molecule has 0 fully saturated rings. The number of hydrogen-bond acceptors (Lipinski definition) is 3. The summed E-state index contributed by atoms with van der Waals surface area (Å²) in [4.78, 5) is 4.12. The van der Waals surface area contributed by atoms with Crippen LogP contribution in [-0.4, -0.2) is 10.1 Å². The standard InChI is InChI=1S/C6H9NOS.C2H6/c1-2-5-4-9-6(3-8)7-5;1-2/h4,8H,2-3H2,1H3;1-2H3. The third kappa shape index (κ3) is 3.49. The van der Waals surface area contributed by atoms with Crippen molar-refractivity contribution in [3.05, 3.63) is 16.1 Å². The van der Waals surface area contributed by atoms with Crippen LogP contribution in [0.1, 0.15) is 31.5 Å². The summed E-state index contributed by atoms with van der Waals surface area (Å²) in [6.45, 7) is 6.13. The summed E-state index contributed by atoms with van der Waals surface area (Å²) in [7, 11) is 0. The number of nitrogens with zero attached hydrogens (tertiary/aromatic N) is 1. The molecule has 0 bridgehead atoms. The van der Waals surface area contributed by atoms with Gasteiger partial charge in [-0.15, -0.1) is 11.3 Å². The number of aromatic nitrogens is 1. The molecular formula is C8H15NOS. The summed E-state index contributed by atoms with van der Waals surface area (Å²) in [5.41, 5.74) is 1.07. The molecule has 0 atom stereocenters. The van der Waals surface area contributed by atoms with Crippen molar-refractivity contribution in [2.75, 3.05) is 0 Å². The van der Waals surface area contributed by atoms with Crippen LogP contribution in [-0.2, 0) is 13.0 Å². The van der Waals surface area contributed by atoms with Crippen LogP contribution in [0, 0.1) is 0 Å². The summed E-state index contributed by atoms with van der Waals surface area (Å²) in [5, 5.41) is 11.4. The smallest absolute Gasteiger partial charge is 0.118 e. The number of aliphatic hydroxyl groups excluding tert-OH is 1. The van der Waals surface area contributed by atoms with Crippen LogP contribution in [0.4, 0.5) is 0 Å². The van der Waals surface area contributed by atoms with E-state index in [2.05, 4.69) is 11.9 Å². The summed E-state index contributed by atoms with van der Waals surface area (Å²) < 4.78 is 0. The molecule has 2 nitrogen and oxygen atoms in total. The second-order valence-corrected chi connectivity index (χ2v) is 2.69. The molecule has 1 heterocycles. The Hall–Kier alpha value is -0.410. The first-order valence-electron chi connectivity index (χ1n) is 3.91. The zero-order valence-corrected chi connectivity index (χ0v) is 8.11. The molecule has 1 aromatic rings. The van der Waals surface area contributed by atoms with Crippen LogP contribution in [0.25, 0.3) is 0 Å².